The molecule has 0 bridgehead atoms. The number of piperidine rings is 1. The first-order valence-electron chi connectivity index (χ1n) is 8.22. The molecule has 0 radical (unpaired) electrons. The van der Waals surface area contributed by atoms with Crippen LogP contribution < -0.4 is 4.90 Å². The maximum Gasteiger partial charge on any atom is 0.214 e. The van der Waals surface area contributed by atoms with Crippen LogP contribution in [0, 0.1) is 11.3 Å². The lowest BCUT2D eigenvalue weighted by Crippen LogP contribution is -2.61. The maximum atomic E-state index is 12.2. The second-order valence-corrected chi connectivity index (χ2v) is 8.54. The molecule has 2 aliphatic heterocycles. The Bertz CT molecular complexity index is 742. The fourth-order valence-corrected chi connectivity index (χ4v) is 4.58. The zero-order valence-corrected chi connectivity index (χ0v) is 14.6. The summed E-state index contributed by atoms with van der Waals surface area (Å²) in [6, 6.07) is 7.43. The van der Waals surface area contributed by atoms with E-state index in [0.717, 1.165) is 25.2 Å². The molecule has 1 aromatic heterocycles. The van der Waals surface area contributed by atoms with E-state index in [1.165, 1.54) is 0 Å². The van der Waals surface area contributed by atoms with Gasteiger partial charge in [0.2, 0.25) is 10.0 Å². The molecule has 0 N–H and O–H groups in total. The van der Waals surface area contributed by atoms with Gasteiger partial charge in [0.1, 0.15) is 17.6 Å². The predicted molar refractivity (Wildman–Crippen MR) is 90.1 cm³/mol. The van der Waals surface area contributed by atoms with Gasteiger partial charge in [-0.2, -0.15) is 9.57 Å². The number of nitrogens with zero attached hydrogens (tertiary/aromatic N) is 4. The summed E-state index contributed by atoms with van der Waals surface area (Å²) in [5.74, 6) is 0.852. The Balaban J connectivity index is 1.80. The number of nitriles is 1. The number of anilines is 1. The number of aromatic nitrogens is 1. The van der Waals surface area contributed by atoms with E-state index >= 15 is 0 Å². The molecule has 1 spiro atoms. The average molecular weight is 350 g/mol. The average Bonchev–Trinajstić information content (AvgIpc) is 2.62. The van der Waals surface area contributed by atoms with Crippen molar-refractivity contribution < 1.29 is 13.2 Å². The van der Waals surface area contributed by atoms with E-state index in [2.05, 4.69) is 16.0 Å². The van der Waals surface area contributed by atoms with E-state index in [1.54, 1.807) is 17.3 Å². The van der Waals surface area contributed by atoms with Crippen molar-refractivity contribution in [3.8, 4) is 6.07 Å². The molecule has 1 aromatic rings. The van der Waals surface area contributed by atoms with Crippen LogP contribution in [0.2, 0.25) is 0 Å². The Morgan fingerprint density at radius 1 is 1.38 bits per heavy atom. The van der Waals surface area contributed by atoms with Gasteiger partial charge in [0, 0.05) is 26.2 Å². The Morgan fingerprint density at radius 3 is 2.96 bits per heavy atom. The summed E-state index contributed by atoms with van der Waals surface area (Å²) in [6.45, 7) is 4.30. The lowest BCUT2D eigenvalue weighted by Gasteiger charge is -2.47. The molecule has 8 heteroatoms. The van der Waals surface area contributed by atoms with E-state index in [4.69, 9.17) is 10.00 Å². The lowest BCUT2D eigenvalue weighted by molar-refractivity contribution is -0.0950. The van der Waals surface area contributed by atoms with E-state index in [-0.39, 0.29) is 5.75 Å². The lowest BCUT2D eigenvalue weighted by atomic mass is 9.91. The molecule has 2 aliphatic rings. The Hall–Kier alpha value is -1.69. The number of ether oxygens (including phenoxy) is 1. The summed E-state index contributed by atoms with van der Waals surface area (Å²) in [5, 5.41) is 9.02. The van der Waals surface area contributed by atoms with Gasteiger partial charge in [-0.15, -0.1) is 0 Å². The zero-order chi connectivity index (χ0) is 17.2. The normalized spacial score (nSPS) is 25.6. The van der Waals surface area contributed by atoms with Gasteiger partial charge in [0.05, 0.1) is 18.0 Å². The van der Waals surface area contributed by atoms with E-state index < -0.39 is 15.6 Å². The van der Waals surface area contributed by atoms with Crippen LogP contribution in [0.1, 0.15) is 25.5 Å². The standard InChI is InChI=1S/C16H22N4O3S/c1-2-24(21,22)20-9-10-23-16(13-20)7-4-8-19(12-16)15-6-3-5-14(11-17)18-15/h3,5-6H,2,4,7-10,12-13H2,1H3. The minimum atomic E-state index is -3.21. The van der Waals surface area contributed by atoms with Crippen molar-refractivity contribution in [2.24, 2.45) is 0 Å². The van der Waals surface area contributed by atoms with Crippen LogP contribution in [0.4, 0.5) is 5.82 Å². The van der Waals surface area contributed by atoms with Gasteiger partial charge in [0.15, 0.2) is 0 Å². The van der Waals surface area contributed by atoms with E-state index in [1.807, 2.05) is 12.1 Å². The number of rotatable bonds is 3. The number of hydrogen-bond acceptors (Lipinski definition) is 6. The highest BCUT2D eigenvalue weighted by molar-refractivity contribution is 7.89. The van der Waals surface area contributed by atoms with Crippen LogP contribution in [-0.2, 0) is 14.8 Å². The van der Waals surface area contributed by atoms with Crippen LogP contribution >= 0.6 is 0 Å². The molecule has 0 aromatic carbocycles. The van der Waals surface area contributed by atoms with Crippen molar-refractivity contribution in [1.29, 1.82) is 5.26 Å². The number of morpholine rings is 1. The number of pyridine rings is 1. The molecule has 0 aliphatic carbocycles. The molecule has 3 rings (SSSR count). The predicted octanol–water partition coefficient (Wildman–Crippen LogP) is 0.974. The molecule has 130 valence electrons. The summed E-state index contributed by atoms with van der Waals surface area (Å²) in [4.78, 5) is 6.44. The Kier molecular flexibility index (Phi) is 4.76. The quantitative estimate of drug-likeness (QED) is 0.807. The zero-order valence-electron chi connectivity index (χ0n) is 13.8. The summed E-state index contributed by atoms with van der Waals surface area (Å²) in [7, 11) is -3.21. The molecular weight excluding hydrogens is 328 g/mol. The summed E-state index contributed by atoms with van der Waals surface area (Å²) < 4.78 is 32.0. The van der Waals surface area contributed by atoms with E-state index in [0.29, 0.717) is 31.9 Å². The van der Waals surface area contributed by atoms with Crippen molar-refractivity contribution in [3.05, 3.63) is 23.9 Å². The fraction of sp³-hybridized carbons (Fsp3) is 0.625. The molecule has 0 saturated carbocycles. The summed E-state index contributed by atoms with van der Waals surface area (Å²) in [5.41, 5.74) is -0.116. The van der Waals surface area contributed by atoms with Crippen molar-refractivity contribution in [2.45, 2.75) is 25.4 Å². The highest BCUT2D eigenvalue weighted by Gasteiger charge is 2.43. The van der Waals surface area contributed by atoms with Crippen LogP contribution in [-0.4, -0.2) is 61.8 Å². The number of hydrogen-bond donors (Lipinski definition) is 0. The third kappa shape index (κ3) is 3.38. The van der Waals surface area contributed by atoms with Crippen molar-refractivity contribution in [3.63, 3.8) is 0 Å². The van der Waals surface area contributed by atoms with Gasteiger partial charge < -0.3 is 9.64 Å². The second kappa shape index (κ2) is 6.67. The Morgan fingerprint density at radius 2 is 2.21 bits per heavy atom. The Labute approximate surface area is 142 Å². The molecular formula is C16H22N4O3S. The van der Waals surface area contributed by atoms with Crippen LogP contribution in [0.15, 0.2) is 18.2 Å². The number of sulfonamides is 1. The molecule has 0 amide bonds. The highest BCUT2D eigenvalue weighted by Crippen LogP contribution is 2.32. The van der Waals surface area contributed by atoms with Crippen molar-refractivity contribution >= 4 is 15.8 Å². The van der Waals surface area contributed by atoms with Gasteiger partial charge in [0.25, 0.3) is 0 Å². The monoisotopic (exact) mass is 350 g/mol. The van der Waals surface area contributed by atoms with Gasteiger partial charge in [-0.3, -0.25) is 0 Å². The van der Waals surface area contributed by atoms with E-state index in [9.17, 15) is 8.42 Å². The maximum absolute atomic E-state index is 12.2. The minimum absolute atomic E-state index is 0.110. The van der Waals surface area contributed by atoms with Crippen LogP contribution in [0.25, 0.3) is 0 Å². The minimum Gasteiger partial charge on any atom is -0.370 e. The molecule has 1 atom stereocenters. The van der Waals surface area contributed by atoms with Crippen LogP contribution in [0.3, 0.4) is 0 Å². The van der Waals surface area contributed by atoms with Crippen molar-refractivity contribution in [2.75, 3.05) is 43.4 Å². The molecule has 2 fully saturated rings. The molecule has 2 saturated heterocycles. The van der Waals surface area contributed by atoms with Gasteiger partial charge in [-0.05, 0) is 31.9 Å². The van der Waals surface area contributed by atoms with Crippen LogP contribution in [0.5, 0.6) is 0 Å². The fourth-order valence-electron chi connectivity index (χ4n) is 3.43. The smallest absolute Gasteiger partial charge is 0.214 e. The second-order valence-electron chi connectivity index (χ2n) is 6.28. The van der Waals surface area contributed by atoms with Gasteiger partial charge in [-0.1, -0.05) is 6.07 Å². The third-order valence-electron chi connectivity index (χ3n) is 4.68. The molecule has 7 nitrogen and oxygen atoms in total. The topological polar surface area (TPSA) is 86.5 Å². The highest BCUT2D eigenvalue weighted by atomic mass is 32.2. The summed E-state index contributed by atoms with van der Waals surface area (Å²) in [6.07, 6.45) is 1.73. The van der Waals surface area contributed by atoms with Gasteiger partial charge >= 0.3 is 0 Å². The SMILES string of the molecule is CCS(=O)(=O)N1CCOC2(CCCN(c3cccc(C#N)n3)C2)C1. The first-order chi connectivity index (χ1) is 11.5. The first kappa shape index (κ1) is 17.1. The largest absolute Gasteiger partial charge is 0.370 e. The first-order valence-corrected chi connectivity index (χ1v) is 9.83. The molecule has 1 unspecified atom stereocenters. The molecule has 24 heavy (non-hydrogen) atoms. The molecule has 3 heterocycles. The van der Waals surface area contributed by atoms with Gasteiger partial charge in [-0.25, -0.2) is 13.4 Å². The van der Waals surface area contributed by atoms with Crippen molar-refractivity contribution in [1.82, 2.24) is 9.29 Å². The third-order valence-corrected chi connectivity index (χ3v) is 6.51. The summed E-state index contributed by atoms with van der Waals surface area (Å²) >= 11 is 0.